The van der Waals surface area contributed by atoms with Gasteiger partial charge in [-0.1, -0.05) is 30.4 Å². The molecule has 46 heavy (non-hydrogen) atoms. The number of nitrogens with one attached hydrogen (secondary N) is 2. The highest BCUT2D eigenvalue weighted by atomic mass is 16.5. The van der Waals surface area contributed by atoms with Crippen LogP contribution in [0.3, 0.4) is 0 Å². The summed E-state index contributed by atoms with van der Waals surface area (Å²) in [5, 5.41) is 28.1. The lowest BCUT2D eigenvalue weighted by Gasteiger charge is -2.23. The quantitative estimate of drug-likeness (QED) is 0.243. The first-order valence-corrected chi connectivity index (χ1v) is 15.3. The van der Waals surface area contributed by atoms with E-state index in [0.29, 0.717) is 55.7 Å². The van der Waals surface area contributed by atoms with Crippen molar-refractivity contribution in [2.45, 2.75) is 63.9 Å². The van der Waals surface area contributed by atoms with Gasteiger partial charge in [0, 0.05) is 36.9 Å². The summed E-state index contributed by atoms with van der Waals surface area (Å²) >= 11 is 0. The zero-order valence-electron chi connectivity index (χ0n) is 26.0. The lowest BCUT2D eigenvalue weighted by atomic mass is 9.84. The maximum atomic E-state index is 13.5. The normalized spacial score (nSPS) is 16.3. The SMILES string of the molecule is COc1ccc(C(CC(=O)NCC(=O)Nc2ccccn2)c2c(O)cc3c(c2O)C(=O)OC(C)CCCC(=O)CCCC=C3)cc1. The molecule has 0 bridgehead atoms. The van der Waals surface area contributed by atoms with Crippen LogP contribution in [-0.2, 0) is 19.1 Å². The van der Waals surface area contributed by atoms with Crippen molar-refractivity contribution in [3.63, 3.8) is 0 Å². The summed E-state index contributed by atoms with van der Waals surface area (Å²) in [6.45, 7) is 1.38. The maximum absolute atomic E-state index is 13.5. The number of methoxy groups -OCH3 is 1. The number of aromatic hydroxyl groups is 2. The largest absolute Gasteiger partial charge is 0.507 e. The van der Waals surface area contributed by atoms with Crippen LogP contribution in [0.5, 0.6) is 17.2 Å². The Kier molecular flexibility index (Phi) is 11.9. The smallest absolute Gasteiger partial charge is 0.342 e. The fourth-order valence-electron chi connectivity index (χ4n) is 5.30. The van der Waals surface area contributed by atoms with E-state index in [1.807, 2.05) is 0 Å². The number of fused-ring (bicyclic) bond motifs is 1. The molecule has 0 aliphatic carbocycles. The molecule has 4 rings (SSSR count). The predicted molar refractivity (Wildman–Crippen MR) is 172 cm³/mol. The van der Waals surface area contributed by atoms with Gasteiger partial charge < -0.3 is 30.3 Å². The Morgan fingerprint density at radius 2 is 1.83 bits per heavy atom. The topological polar surface area (TPSA) is 164 Å². The van der Waals surface area contributed by atoms with Gasteiger partial charge in [0.15, 0.2) is 0 Å². The standard InChI is InChI=1S/C35H39N3O8/c1-22-9-8-12-25(39)11-5-3-4-10-24-19-28(40)33(34(43)32(24)35(44)46-22)27(23-14-16-26(45-2)17-15-23)20-30(41)37-21-31(42)38-29-13-6-7-18-36-29/h4,6-7,10,13-19,22,27,40,43H,3,5,8-9,11-12,20-21H2,1-2H3,(H,37,41)(H,36,38,42). The van der Waals surface area contributed by atoms with Crippen LogP contribution in [0, 0.1) is 0 Å². The molecular weight excluding hydrogens is 590 g/mol. The molecule has 1 aliphatic heterocycles. The van der Waals surface area contributed by atoms with E-state index >= 15 is 0 Å². The molecule has 0 fully saturated rings. The molecule has 4 N–H and O–H groups in total. The number of aromatic nitrogens is 1. The summed E-state index contributed by atoms with van der Waals surface area (Å²) < 4.78 is 10.9. The van der Waals surface area contributed by atoms with E-state index < -0.39 is 35.6 Å². The molecule has 1 aromatic heterocycles. The van der Waals surface area contributed by atoms with Crippen LogP contribution < -0.4 is 15.4 Å². The number of Topliss-reactive ketones (excluding diaryl/α,β-unsaturated/α-hetero) is 1. The highest BCUT2D eigenvalue weighted by Crippen LogP contribution is 2.44. The van der Waals surface area contributed by atoms with Crippen LogP contribution in [0.1, 0.15) is 84.8 Å². The molecule has 2 amide bonds. The number of nitrogens with zero attached hydrogens (tertiary/aromatic N) is 1. The summed E-state index contributed by atoms with van der Waals surface area (Å²) in [6, 6.07) is 13.1. The van der Waals surface area contributed by atoms with Gasteiger partial charge in [0.05, 0.1) is 19.8 Å². The second kappa shape index (κ2) is 16.2. The van der Waals surface area contributed by atoms with E-state index in [1.165, 1.54) is 19.4 Å². The number of anilines is 1. The third-order valence-electron chi connectivity index (χ3n) is 7.69. The first-order valence-electron chi connectivity index (χ1n) is 15.3. The number of ketones is 1. The Labute approximate surface area is 267 Å². The van der Waals surface area contributed by atoms with E-state index in [2.05, 4.69) is 15.6 Å². The van der Waals surface area contributed by atoms with Crippen LogP contribution in [0.25, 0.3) is 6.08 Å². The van der Waals surface area contributed by atoms with Gasteiger partial charge in [0.1, 0.15) is 34.4 Å². The number of phenols is 2. The lowest BCUT2D eigenvalue weighted by molar-refractivity contribution is -0.124. The van der Waals surface area contributed by atoms with Crippen LogP contribution in [0.15, 0.2) is 60.8 Å². The average molecular weight is 630 g/mol. The Morgan fingerprint density at radius 1 is 1.07 bits per heavy atom. The summed E-state index contributed by atoms with van der Waals surface area (Å²) in [6.07, 6.45) is 7.17. The number of hydrogen-bond donors (Lipinski definition) is 4. The van der Waals surface area contributed by atoms with E-state index in [1.54, 1.807) is 61.5 Å². The molecule has 242 valence electrons. The van der Waals surface area contributed by atoms with Gasteiger partial charge in [-0.25, -0.2) is 9.78 Å². The molecule has 11 heteroatoms. The minimum absolute atomic E-state index is 0.0401. The first kappa shape index (κ1) is 33.7. The Morgan fingerprint density at radius 3 is 2.54 bits per heavy atom. The molecule has 0 radical (unpaired) electrons. The van der Waals surface area contributed by atoms with E-state index in [4.69, 9.17) is 9.47 Å². The Hall–Kier alpha value is -5.19. The van der Waals surface area contributed by atoms with Gasteiger partial charge >= 0.3 is 5.97 Å². The Balaban J connectivity index is 1.68. The van der Waals surface area contributed by atoms with Gasteiger partial charge in [-0.15, -0.1) is 0 Å². The second-order valence-electron chi connectivity index (χ2n) is 11.1. The molecule has 0 spiro atoms. The molecule has 2 heterocycles. The van der Waals surface area contributed by atoms with Crippen molar-refractivity contribution < 1.29 is 38.9 Å². The molecular formula is C35H39N3O8. The zero-order chi connectivity index (χ0) is 33.1. The molecule has 2 atom stereocenters. The zero-order valence-corrected chi connectivity index (χ0v) is 26.0. The van der Waals surface area contributed by atoms with Crippen molar-refractivity contribution in [1.29, 1.82) is 0 Å². The Bertz CT molecular complexity index is 1570. The monoisotopic (exact) mass is 629 g/mol. The maximum Gasteiger partial charge on any atom is 0.342 e. The number of cyclic esters (lactones) is 1. The number of pyridine rings is 1. The van der Waals surface area contributed by atoms with Crippen molar-refractivity contribution in [2.75, 3.05) is 19.0 Å². The predicted octanol–water partition coefficient (Wildman–Crippen LogP) is 5.26. The van der Waals surface area contributed by atoms with E-state index in [0.717, 1.165) is 0 Å². The van der Waals surface area contributed by atoms with Crippen LogP contribution >= 0.6 is 0 Å². The summed E-state index contributed by atoms with van der Waals surface area (Å²) in [4.78, 5) is 55.3. The van der Waals surface area contributed by atoms with Crippen molar-refractivity contribution >= 4 is 35.5 Å². The van der Waals surface area contributed by atoms with Gasteiger partial charge in [-0.2, -0.15) is 0 Å². The van der Waals surface area contributed by atoms with Crippen molar-refractivity contribution in [1.82, 2.24) is 10.3 Å². The van der Waals surface area contributed by atoms with Crippen LogP contribution in [0.2, 0.25) is 0 Å². The number of carbonyl (C=O) groups is 4. The number of amides is 2. The molecule has 3 aromatic rings. The fraction of sp³-hybridized carbons (Fsp3) is 0.343. The number of rotatable bonds is 8. The number of phenolic OH excluding ortho intramolecular Hbond substituents is 2. The second-order valence-corrected chi connectivity index (χ2v) is 11.1. The molecule has 0 saturated carbocycles. The van der Waals surface area contributed by atoms with Gasteiger partial charge in [-0.3, -0.25) is 14.4 Å². The molecule has 11 nitrogen and oxygen atoms in total. The van der Waals surface area contributed by atoms with Gasteiger partial charge in [0.25, 0.3) is 0 Å². The summed E-state index contributed by atoms with van der Waals surface area (Å²) in [5.74, 6) is -2.55. The fourth-order valence-corrected chi connectivity index (χ4v) is 5.30. The highest BCUT2D eigenvalue weighted by Gasteiger charge is 2.31. The molecule has 2 aromatic carbocycles. The minimum atomic E-state index is -0.927. The van der Waals surface area contributed by atoms with Crippen LogP contribution in [0.4, 0.5) is 5.82 Å². The molecule has 1 aliphatic rings. The lowest BCUT2D eigenvalue weighted by Crippen LogP contribution is -2.33. The minimum Gasteiger partial charge on any atom is -0.507 e. The first-order chi connectivity index (χ1) is 22.2. The van der Waals surface area contributed by atoms with Crippen molar-refractivity contribution in [3.8, 4) is 17.2 Å². The van der Waals surface area contributed by atoms with E-state index in [9.17, 15) is 29.4 Å². The summed E-state index contributed by atoms with van der Waals surface area (Å²) in [7, 11) is 1.51. The molecule has 2 unspecified atom stereocenters. The third-order valence-corrected chi connectivity index (χ3v) is 7.69. The molecule has 0 saturated heterocycles. The third kappa shape index (κ3) is 9.16. The van der Waals surface area contributed by atoms with E-state index in [-0.39, 0.29) is 41.2 Å². The van der Waals surface area contributed by atoms with Gasteiger partial charge in [-0.05, 0) is 74.1 Å². The van der Waals surface area contributed by atoms with Crippen molar-refractivity contribution in [2.24, 2.45) is 0 Å². The van der Waals surface area contributed by atoms with Crippen LogP contribution in [-0.4, -0.2) is 58.5 Å². The number of allylic oxidation sites excluding steroid dienone is 1. The summed E-state index contributed by atoms with van der Waals surface area (Å²) in [5.41, 5.74) is 0.602. The number of benzene rings is 2. The number of carbonyl (C=O) groups excluding carboxylic acids is 4. The van der Waals surface area contributed by atoms with Gasteiger partial charge in [0.2, 0.25) is 11.8 Å². The number of hydrogen-bond acceptors (Lipinski definition) is 9. The van der Waals surface area contributed by atoms with Crippen molar-refractivity contribution in [3.05, 3.63) is 83.1 Å². The number of esters is 1. The average Bonchev–Trinajstić information content (AvgIpc) is 3.03. The highest BCUT2D eigenvalue weighted by molar-refractivity contribution is 5.98. The number of ether oxygens (including phenoxy) is 2.